The van der Waals surface area contributed by atoms with Crippen LogP contribution >= 0.6 is 11.3 Å². The van der Waals surface area contributed by atoms with Crippen LogP contribution in [0.4, 0.5) is 14.9 Å². The van der Waals surface area contributed by atoms with Gasteiger partial charge in [-0.15, -0.1) is 11.3 Å². The highest BCUT2D eigenvalue weighted by Crippen LogP contribution is 2.37. The predicted molar refractivity (Wildman–Crippen MR) is 160 cm³/mol. The summed E-state index contributed by atoms with van der Waals surface area (Å²) in [6, 6.07) is 6.70. The SMILES string of the molecule is COc1cnc2c(-c3nc4cc(F)c(O[C@@H](C)[C@@H](C)OC(=O)Nc5cnc(OC[C@@H](O)CO)nc5)cc4s3)cc(C)cc2n1. The fourth-order valence-electron chi connectivity index (χ4n) is 4.03. The number of aryl methyl sites for hydroxylation is 1. The van der Waals surface area contributed by atoms with Crippen molar-refractivity contribution in [2.75, 3.05) is 25.6 Å². The number of nitrogens with zero attached hydrogens (tertiary/aromatic N) is 5. The lowest BCUT2D eigenvalue weighted by atomic mass is 10.1. The number of methoxy groups -OCH3 is 1. The van der Waals surface area contributed by atoms with Crippen molar-refractivity contribution < 1.29 is 38.3 Å². The molecule has 3 N–H and O–H groups in total. The first kappa shape index (κ1) is 30.7. The Hall–Kier alpha value is -4.73. The minimum Gasteiger partial charge on any atom is -0.484 e. The molecule has 0 fully saturated rings. The lowest BCUT2D eigenvalue weighted by molar-refractivity contribution is 0.0402. The maximum absolute atomic E-state index is 15.1. The fourth-order valence-corrected chi connectivity index (χ4v) is 5.02. The number of anilines is 1. The van der Waals surface area contributed by atoms with E-state index in [1.54, 1.807) is 26.1 Å². The van der Waals surface area contributed by atoms with E-state index in [2.05, 4.69) is 30.2 Å². The molecule has 0 radical (unpaired) electrons. The van der Waals surface area contributed by atoms with Gasteiger partial charge in [0.2, 0.25) is 5.88 Å². The van der Waals surface area contributed by atoms with Crippen molar-refractivity contribution in [3.05, 3.63) is 54.2 Å². The van der Waals surface area contributed by atoms with Gasteiger partial charge in [0.05, 0.1) is 59.2 Å². The van der Waals surface area contributed by atoms with Crippen LogP contribution in [0.1, 0.15) is 19.4 Å². The van der Waals surface area contributed by atoms with Crippen LogP contribution in [0, 0.1) is 12.7 Å². The molecule has 15 heteroatoms. The third-order valence-corrected chi connectivity index (χ3v) is 7.46. The van der Waals surface area contributed by atoms with Gasteiger partial charge in [0.1, 0.15) is 29.9 Å². The van der Waals surface area contributed by atoms with Gasteiger partial charge in [-0.25, -0.2) is 34.1 Å². The van der Waals surface area contributed by atoms with Crippen LogP contribution < -0.4 is 19.5 Å². The molecule has 3 aromatic heterocycles. The first-order chi connectivity index (χ1) is 21.1. The molecule has 3 heterocycles. The lowest BCUT2D eigenvalue weighted by Crippen LogP contribution is -2.32. The molecule has 0 aliphatic carbocycles. The number of carbonyl (C=O) groups is 1. The zero-order valence-corrected chi connectivity index (χ0v) is 25.0. The Morgan fingerprint density at radius 3 is 2.55 bits per heavy atom. The van der Waals surface area contributed by atoms with Gasteiger partial charge in [-0.1, -0.05) is 0 Å². The number of benzene rings is 2. The summed E-state index contributed by atoms with van der Waals surface area (Å²) in [5.41, 5.74) is 3.74. The molecule has 0 saturated heterocycles. The standard InChI is InChI=1S/C29H29FN6O7S/c1-14-5-19(26-22(6-14)35-25(40-4)11-31-26)27-36-21-7-20(30)23(8-24(21)44-27)42-15(2)16(3)43-29(39)34-17-9-32-28(33-10-17)41-13-18(38)12-37/h5-11,15-16,18,37-38H,12-13H2,1-4H3,(H,34,39)/t15-,16+,18-/m0/s1. The van der Waals surface area contributed by atoms with Gasteiger partial charge in [0, 0.05) is 17.7 Å². The van der Waals surface area contributed by atoms with Gasteiger partial charge < -0.3 is 29.2 Å². The Kier molecular flexibility index (Phi) is 9.27. The molecule has 0 aliphatic heterocycles. The monoisotopic (exact) mass is 624 g/mol. The van der Waals surface area contributed by atoms with Crippen molar-refractivity contribution in [2.45, 2.75) is 39.1 Å². The number of aliphatic hydroxyl groups excluding tert-OH is 2. The molecule has 230 valence electrons. The molecule has 0 saturated carbocycles. The number of hydrogen-bond acceptors (Lipinski definition) is 13. The van der Waals surface area contributed by atoms with E-state index in [0.717, 1.165) is 11.1 Å². The van der Waals surface area contributed by atoms with Crippen LogP contribution in [0.5, 0.6) is 17.6 Å². The molecule has 5 rings (SSSR count). The number of carbonyl (C=O) groups excluding carboxylic acids is 1. The van der Waals surface area contributed by atoms with Gasteiger partial charge >= 0.3 is 12.1 Å². The maximum Gasteiger partial charge on any atom is 0.412 e. The summed E-state index contributed by atoms with van der Waals surface area (Å²) in [5.74, 6) is -0.217. The van der Waals surface area contributed by atoms with Crippen LogP contribution in [0.15, 0.2) is 42.9 Å². The third-order valence-electron chi connectivity index (χ3n) is 6.41. The summed E-state index contributed by atoms with van der Waals surface area (Å²) in [6.45, 7) is 4.57. The second kappa shape index (κ2) is 13.3. The fraction of sp³-hybridized carbons (Fsp3) is 0.310. The van der Waals surface area contributed by atoms with Crippen LogP contribution in [0.25, 0.3) is 31.8 Å². The molecule has 13 nitrogen and oxygen atoms in total. The van der Waals surface area contributed by atoms with Crippen molar-refractivity contribution in [3.63, 3.8) is 0 Å². The first-order valence-corrected chi connectivity index (χ1v) is 14.2. The zero-order valence-electron chi connectivity index (χ0n) is 24.1. The van der Waals surface area contributed by atoms with Crippen LogP contribution in [-0.4, -0.2) is 79.9 Å². The molecule has 0 spiro atoms. The number of amides is 1. The third kappa shape index (κ3) is 7.07. The van der Waals surface area contributed by atoms with E-state index < -0.39 is 36.8 Å². The average molecular weight is 625 g/mol. The summed E-state index contributed by atoms with van der Waals surface area (Å²) >= 11 is 1.36. The Morgan fingerprint density at radius 2 is 1.82 bits per heavy atom. The number of fused-ring (bicyclic) bond motifs is 2. The Balaban J connectivity index is 1.25. The van der Waals surface area contributed by atoms with E-state index in [-0.39, 0.29) is 24.1 Å². The topological polar surface area (TPSA) is 171 Å². The van der Waals surface area contributed by atoms with E-state index in [1.807, 2.05) is 19.1 Å². The van der Waals surface area contributed by atoms with E-state index in [1.165, 1.54) is 36.9 Å². The normalized spacial score (nSPS) is 13.3. The van der Waals surface area contributed by atoms with Crippen LogP contribution in [0.3, 0.4) is 0 Å². The number of aliphatic hydroxyl groups is 2. The number of hydrogen-bond donors (Lipinski definition) is 3. The molecular weight excluding hydrogens is 595 g/mol. The molecule has 1 amide bonds. The minimum absolute atomic E-state index is 0.00927. The van der Waals surface area contributed by atoms with Gasteiger partial charge in [-0.3, -0.25) is 5.32 Å². The molecule has 0 aliphatic rings. The maximum atomic E-state index is 15.1. The average Bonchev–Trinajstić information content (AvgIpc) is 3.42. The molecule has 0 bridgehead atoms. The largest absolute Gasteiger partial charge is 0.484 e. The molecule has 0 unspecified atom stereocenters. The number of thiazole rings is 1. The summed E-state index contributed by atoms with van der Waals surface area (Å²) in [5, 5.41) is 21.3. The number of nitrogens with one attached hydrogen (secondary N) is 1. The minimum atomic E-state index is -1.06. The number of rotatable bonds is 11. The molecule has 44 heavy (non-hydrogen) atoms. The lowest BCUT2D eigenvalue weighted by Gasteiger charge is -2.22. The highest BCUT2D eigenvalue weighted by Gasteiger charge is 2.22. The summed E-state index contributed by atoms with van der Waals surface area (Å²) in [7, 11) is 1.53. The number of aromatic nitrogens is 5. The second-order valence-electron chi connectivity index (χ2n) is 9.82. The van der Waals surface area contributed by atoms with Crippen LogP contribution in [0.2, 0.25) is 0 Å². The first-order valence-electron chi connectivity index (χ1n) is 13.4. The highest BCUT2D eigenvalue weighted by molar-refractivity contribution is 7.21. The van der Waals surface area contributed by atoms with Crippen LogP contribution in [-0.2, 0) is 4.74 Å². The van der Waals surface area contributed by atoms with E-state index in [0.29, 0.717) is 32.1 Å². The second-order valence-corrected chi connectivity index (χ2v) is 10.9. The van der Waals surface area contributed by atoms with Crippen molar-refractivity contribution in [2.24, 2.45) is 0 Å². The predicted octanol–water partition coefficient (Wildman–Crippen LogP) is 4.29. The van der Waals surface area contributed by atoms with E-state index in [4.69, 9.17) is 24.1 Å². The van der Waals surface area contributed by atoms with Crippen molar-refractivity contribution in [1.82, 2.24) is 24.9 Å². The molecular formula is C29H29FN6O7S. The number of ether oxygens (including phenoxy) is 4. The van der Waals surface area contributed by atoms with Gasteiger partial charge in [-0.05, 0) is 38.5 Å². The highest BCUT2D eigenvalue weighted by atomic mass is 32.1. The Morgan fingerprint density at radius 1 is 1.05 bits per heavy atom. The van der Waals surface area contributed by atoms with Gasteiger partial charge in [-0.2, -0.15) is 0 Å². The van der Waals surface area contributed by atoms with E-state index in [9.17, 15) is 9.90 Å². The van der Waals surface area contributed by atoms with Crippen molar-refractivity contribution >= 4 is 44.4 Å². The quantitative estimate of drug-likeness (QED) is 0.191. The smallest absolute Gasteiger partial charge is 0.412 e. The summed E-state index contributed by atoms with van der Waals surface area (Å²) in [4.78, 5) is 33.9. The van der Waals surface area contributed by atoms with Crippen molar-refractivity contribution in [1.29, 1.82) is 0 Å². The Labute approximate surface area is 254 Å². The molecule has 5 aromatic rings. The summed E-state index contributed by atoms with van der Waals surface area (Å²) < 4.78 is 37.4. The Bertz CT molecular complexity index is 1790. The summed E-state index contributed by atoms with van der Waals surface area (Å²) in [6.07, 6.45) is 0.781. The number of halogens is 1. The molecule has 2 aromatic carbocycles. The van der Waals surface area contributed by atoms with Crippen molar-refractivity contribution in [3.8, 4) is 28.2 Å². The van der Waals surface area contributed by atoms with Gasteiger partial charge in [0.25, 0.3) is 0 Å². The van der Waals surface area contributed by atoms with Gasteiger partial charge in [0.15, 0.2) is 11.6 Å². The molecule has 3 atom stereocenters. The zero-order chi connectivity index (χ0) is 31.4. The van der Waals surface area contributed by atoms with E-state index >= 15 is 4.39 Å².